The van der Waals surface area contributed by atoms with E-state index in [1.54, 1.807) is 50.5 Å². The van der Waals surface area contributed by atoms with Crippen LogP contribution in [-0.4, -0.2) is 37.5 Å². The third kappa shape index (κ3) is 5.45. The largest absolute Gasteiger partial charge is 0.482 e. The molecule has 3 rings (SSSR count). The molecule has 3 aromatic carbocycles. The third-order valence-electron chi connectivity index (χ3n) is 4.33. The number of rotatable bonds is 7. The van der Waals surface area contributed by atoms with Crippen molar-refractivity contribution in [3.8, 4) is 16.9 Å². The molecule has 0 aliphatic heterocycles. The number of ether oxygens (including phenoxy) is 2. The van der Waals surface area contributed by atoms with E-state index in [1.165, 1.54) is 4.90 Å². The zero-order chi connectivity index (χ0) is 20.6. The predicted octanol–water partition coefficient (Wildman–Crippen LogP) is 4.11. The monoisotopic (exact) mass is 389 g/mol. The standard InChI is InChI=1S/C24H23NO4/c1-25(2)24(27)23(20-11-7-4-8-12-20)29-22(26)17-28-21-15-13-19(14-16-21)18-9-5-3-6-10-18/h3-16,23H,17H2,1-2H3/t23-/m1/s1. The average Bonchev–Trinajstić information content (AvgIpc) is 2.77. The van der Waals surface area contributed by atoms with Crippen LogP contribution in [0.4, 0.5) is 0 Å². The summed E-state index contributed by atoms with van der Waals surface area (Å²) in [7, 11) is 3.24. The third-order valence-corrected chi connectivity index (χ3v) is 4.33. The molecule has 0 unspecified atom stereocenters. The van der Waals surface area contributed by atoms with E-state index in [2.05, 4.69) is 0 Å². The fraction of sp³-hybridized carbons (Fsp3) is 0.167. The van der Waals surface area contributed by atoms with Crippen molar-refractivity contribution in [1.29, 1.82) is 0 Å². The summed E-state index contributed by atoms with van der Waals surface area (Å²) in [4.78, 5) is 26.1. The van der Waals surface area contributed by atoms with Crippen LogP contribution in [0.15, 0.2) is 84.9 Å². The molecular weight excluding hydrogens is 366 g/mol. The van der Waals surface area contributed by atoms with Crippen LogP contribution < -0.4 is 4.74 Å². The van der Waals surface area contributed by atoms with Gasteiger partial charge in [-0.2, -0.15) is 0 Å². The minimum Gasteiger partial charge on any atom is -0.482 e. The number of hydrogen-bond donors (Lipinski definition) is 0. The number of carbonyl (C=O) groups is 2. The van der Waals surface area contributed by atoms with Crippen LogP contribution in [0.5, 0.6) is 5.75 Å². The zero-order valence-corrected chi connectivity index (χ0v) is 16.4. The highest BCUT2D eigenvalue weighted by Crippen LogP contribution is 2.23. The fourth-order valence-electron chi connectivity index (χ4n) is 2.81. The highest BCUT2D eigenvalue weighted by molar-refractivity contribution is 5.85. The minimum absolute atomic E-state index is 0.283. The van der Waals surface area contributed by atoms with E-state index in [4.69, 9.17) is 9.47 Å². The normalized spacial score (nSPS) is 11.4. The summed E-state index contributed by atoms with van der Waals surface area (Å²) < 4.78 is 11.0. The molecule has 29 heavy (non-hydrogen) atoms. The second-order valence-corrected chi connectivity index (χ2v) is 6.69. The zero-order valence-electron chi connectivity index (χ0n) is 16.4. The van der Waals surface area contributed by atoms with Crippen LogP contribution in [0.1, 0.15) is 11.7 Å². The Morgan fingerprint density at radius 2 is 1.34 bits per heavy atom. The van der Waals surface area contributed by atoms with Crippen molar-refractivity contribution < 1.29 is 19.1 Å². The highest BCUT2D eigenvalue weighted by atomic mass is 16.6. The summed E-state index contributed by atoms with van der Waals surface area (Å²) in [5, 5.41) is 0. The lowest BCUT2D eigenvalue weighted by Crippen LogP contribution is -2.32. The lowest BCUT2D eigenvalue weighted by molar-refractivity contribution is -0.161. The molecule has 0 aromatic heterocycles. The lowest BCUT2D eigenvalue weighted by atomic mass is 10.1. The number of carbonyl (C=O) groups excluding carboxylic acids is 2. The number of esters is 1. The first kappa shape index (κ1) is 20.1. The van der Waals surface area contributed by atoms with Gasteiger partial charge in [0.2, 0.25) is 6.10 Å². The summed E-state index contributed by atoms with van der Waals surface area (Å²) in [5.41, 5.74) is 2.78. The van der Waals surface area contributed by atoms with Gasteiger partial charge < -0.3 is 14.4 Å². The molecule has 0 N–H and O–H groups in total. The van der Waals surface area contributed by atoms with Gasteiger partial charge in [0.05, 0.1) is 0 Å². The molecule has 0 saturated carbocycles. The van der Waals surface area contributed by atoms with Crippen molar-refractivity contribution in [2.75, 3.05) is 20.7 Å². The summed E-state index contributed by atoms with van der Waals surface area (Å²) in [5.74, 6) is -0.366. The molecular formula is C24H23NO4. The van der Waals surface area contributed by atoms with Gasteiger partial charge in [-0.05, 0) is 23.3 Å². The van der Waals surface area contributed by atoms with Crippen LogP contribution in [0.2, 0.25) is 0 Å². The molecule has 5 nitrogen and oxygen atoms in total. The molecule has 0 aliphatic rings. The highest BCUT2D eigenvalue weighted by Gasteiger charge is 2.26. The summed E-state index contributed by atoms with van der Waals surface area (Å²) in [6.07, 6.45) is -0.997. The Bertz CT molecular complexity index is 938. The quantitative estimate of drug-likeness (QED) is 0.571. The van der Waals surface area contributed by atoms with Crippen molar-refractivity contribution in [1.82, 2.24) is 4.90 Å². The molecule has 0 aliphatic carbocycles. The molecule has 148 valence electrons. The van der Waals surface area contributed by atoms with Crippen LogP contribution in [0, 0.1) is 0 Å². The Kier molecular flexibility index (Phi) is 6.63. The van der Waals surface area contributed by atoms with Crippen molar-refractivity contribution in [3.63, 3.8) is 0 Å². The molecule has 0 fully saturated rings. The van der Waals surface area contributed by atoms with E-state index in [0.717, 1.165) is 11.1 Å². The van der Waals surface area contributed by atoms with Gasteiger partial charge >= 0.3 is 5.97 Å². The molecule has 3 aromatic rings. The summed E-state index contributed by atoms with van der Waals surface area (Å²) in [6.45, 7) is -0.283. The van der Waals surface area contributed by atoms with Gasteiger partial charge in [-0.25, -0.2) is 4.79 Å². The van der Waals surface area contributed by atoms with Gasteiger partial charge in [-0.15, -0.1) is 0 Å². The Morgan fingerprint density at radius 1 is 0.793 bits per heavy atom. The number of amides is 1. The van der Waals surface area contributed by atoms with Crippen molar-refractivity contribution >= 4 is 11.9 Å². The van der Waals surface area contributed by atoms with Crippen LogP contribution >= 0.6 is 0 Å². The SMILES string of the molecule is CN(C)C(=O)[C@H](OC(=O)COc1ccc(-c2ccccc2)cc1)c1ccccc1. The van der Waals surface area contributed by atoms with Crippen LogP contribution in [0.3, 0.4) is 0 Å². The molecule has 0 spiro atoms. The number of benzene rings is 3. The van der Waals surface area contributed by atoms with Crippen molar-refractivity contribution in [2.45, 2.75) is 6.10 Å². The first-order valence-electron chi connectivity index (χ1n) is 9.28. The average molecular weight is 389 g/mol. The van der Waals surface area contributed by atoms with Gasteiger partial charge in [0.15, 0.2) is 6.61 Å². The Hall–Kier alpha value is -3.60. The molecule has 1 atom stereocenters. The van der Waals surface area contributed by atoms with Gasteiger partial charge in [0, 0.05) is 19.7 Å². The topological polar surface area (TPSA) is 55.8 Å². The Balaban J connectivity index is 1.61. The Labute approximate surface area is 170 Å². The van der Waals surface area contributed by atoms with E-state index < -0.39 is 12.1 Å². The minimum atomic E-state index is -0.997. The second-order valence-electron chi connectivity index (χ2n) is 6.69. The van der Waals surface area contributed by atoms with E-state index in [-0.39, 0.29) is 12.5 Å². The van der Waals surface area contributed by atoms with E-state index in [9.17, 15) is 9.59 Å². The maximum absolute atomic E-state index is 12.4. The fourth-order valence-corrected chi connectivity index (χ4v) is 2.81. The lowest BCUT2D eigenvalue weighted by Gasteiger charge is -2.21. The summed E-state index contributed by atoms with van der Waals surface area (Å²) in [6, 6.07) is 26.4. The first-order chi connectivity index (χ1) is 14.0. The second kappa shape index (κ2) is 9.55. The van der Waals surface area contributed by atoms with Crippen molar-refractivity contribution in [3.05, 3.63) is 90.5 Å². The maximum atomic E-state index is 12.4. The number of hydrogen-bond acceptors (Lipinski definition) is 4. The molecule has 0 saturated heterocycles. The van der Waals surface area contributed by atoms with Crippen molar-refractivity contribution in [2.24, 2.45) is 0 Å². The van der Waals surface area contributed by atoms with Gasteiger partial charge in [0.25, 0.3) is 5.91 Å². The number of likely N-dealkylation sites (N-methyl/N-ethyl adjacent to an activating group) is 1. The van der Waals surface area contributed by atoms with E-state index >= 15 is 0 Å². The van der Waals surface area contributed by atoms with Gasteiger partial charge in [0.1, 0.15) is 5.75 Å². The molecule has 1 amide bonds. The Morgan fingerprint density at radius 3 is 1.93 bits per heavy atom. The first-order valence-corrected chi connectivity index (χ1v) is 9.28. The summed E-state index contributed by atoms with van der Waals surface area (Å²) >= 11 is 0. The smallest absolute Gasteiger partial charge is 0.345 e. The van der Waals surface area contributed by atoms with Crippen LogP contribution in [-0.2, 0) is 14.3 Å². The molecule has 0 radical (unpaired) electrons. The van der Waals surface area contributed by atoms with E-state index in [0.29, 0.717) is 11.3 Å². The van der Waals surface area contributed by atoms with Gasteiger partial charge in [-0.1, -0.05) is 72.8 Å². The molecule has 5 heteroatoms. The predicted molar refractivity (Wildman–Crippen MR) is 111 cm³/mol. The van der Waals surface area contributed by atoms with E-state index in [1.807, 2.05) is 48.5 Å². The maximum Gasteiger partial charge on any atom is 0.345 e. The van der Waals surface area contributed by atoms with Crippen LogP contribution in [0.25, 0.3) is 11.1 Å². The number of nitrogens with zero attached hydrogens (tertiary/aromatic N) is 1. The molecule has 0 bridgehead atoms. The molecule has 0 heterocycles. The van der Waals surface area contributed by atoms with Gasteiger partial charge in [-0.3, -0.25) is 4.79 Å².